The molecule has 4 unspecified atom stereocenters. The van der Waals surface area contributed by atoms with E-state index in [1.54, 1.807) is 0 Å². The van der Waals surface area contributed by atoms with Crippen molar-refractivity contribution in [3.63, 3.8) is 0 Å². The number of hydrogen-bond donors (Lipinski definition) is 6. The molecule has 0 spiro atoms. The Kier molecular flexibility index (Phi) is 3.35. The number of rotatable bonds is 2. The number of imidazole rings is 1. The summed E-state index contributed by atoms with van der Waals surface area (Å²) in [4.78, 5) is 20.5. The summed E-state index contributed by atoms with van der Waals surface area (Å²) >= 11 is 0. The van der Waals surface area contributed by atoms with Gasteiger partial charge >= 0.3 is 0 Å². The predicted octanol–water partition coefficient (Wildman–Crippen LogP) is -3.56. The van der Waals surface area contributed by atoms with Crippen LogP contribution in [0.25, 0.3) is 11.2 Å². The van der Waals surface area contributed by atoms with Gasteiger partial charge in [-0.05, 0) is 0 Å². The molecule has 0 aliphatic carbocycles. The fourth-order valence-corrected chi connectivity index (χ4v) is 2.97. The van der Waals surface area contributed by atoms with E-state index in [-0.39, 0.29) is 17.1 Å². The third kappa shape index (κ3) is 1.92. The van der Waals surface area contributed by atoms with E-state index in [0.29, 0.717) is 0 Å². The average molecular weight is 341 g/mol. The van der Waals surface area contributed by atoms with Gasteiger partial charge in [0.15, 0.2) is 29.8 Å². The lowest BCUT2D eigenvalue weighted by atomic mass is 10.1. The Hall–Kier alpha value is -2.09. The van der Waals surface area contributed by atoms with Crippen molar-refractivity contribution in [2.24, 2.45) is 0 Å². The Morgan fingerprint density at radius 2 is 2.00 bits per heavy atom. The standard InChI is InChI=1S/C12H15N5O7/c18-1-3-5(19)6(20)11(24-3)16-2-13-4-7(16)14-12-15-8(21)10(23)17(12)9(4)22/h2-3,5-6,8,10-11,18-21,23H,1H2,(H,14,15)/t3-,5?,6?,8?,10?,11-/m1/s1. The molecule has 2 aliphatic rings. The van der Waals surface area contributed by atoms with Crippen molar-refractivity contribution in [2.45, 2.75) is 37.0 Å². The largest absolute Gasteiger partial charge is 0.394 e. The number of aliphatic hydroxyl groups excluding tert-OH is 5. The van der Waals surface area contributed by atoms with Gasteiger partial charge in [0.1, 0.15) is 18.3 Å². The molecule has 12 nitrogen and oxygen atoms in total. The molecule has 0 radical (unpaired) electrons. The van der Waals surface area contributed by atoms with Gasteiger partial charge < -0.3 is 35.6 Å². The first-order valence-corrected chi connectivity index (χ1v) is 7.18. The summed E-state index contributed by atoms with van der Waals surface area (Å²) in [6.45, 7) is -0.493. The van der Waals surface area contributed by atoms with Crippen molar-refractivity contribution in [1.82, 2.24) is 19.1 Å². The first kappa shape index (κ1) is 15.4. The molecule has 2 aromatic rings. The number of nitrogens with one attached hydrogen (secondary N) is 1. The van der Waals surface area contributed by atoms with Crippen molar-refractivity contribution in [3.8, 4) is 0 Å². The SMILES string of the molecule is O=c1c2ncn([C@@H]3O[C@H](CO)C(O)C3O)c2nc2n1C(O)C(O)N2. The zero-order chi connectivity index (χ0) is 17.2. The Morgan fingerprint density at radius 3 is 2.67 bits per heavy atom. The van der Waals surface area contributed by atoms with Gasteiger partial charge in [0.05, 0.1) is 12.9 Å². The molecule has 2 aliphatic heterocycles. The van der Waals surface area contributed by atoms with E-state index in [0.717, 1.165) is 4.57 Å². The lowest BCUT2D eigenvalue weighted by Crippen LogP contribution is -2.33. The Morgan fingerprint density at radius 1 is 1.25 bits per heavy atom. The maximum Gasteiger partial charge on any atom is 0.285 e. The molecule has 6 N–H and O–H groups in total. The summed E-state index contributed by atoms with van der Waals surface area (Å²) in [5.41, 5.74) is -0.752. The fourth-order valence-electron chi connectivity index (χ4n) is 2.97. The summed E-state index contributed by atoms with van der Waals surface area (Å²) < 4.78 is 7.51. The highest BCUT2D eigenvalue weighted by molar-refractivity contribution is 5.71. The van der Waals surface area contributed by atoms with E-state index in [2.05, 4.69) is 15.3 Å². The highest BCUT2D eigenvalue weighted by atomic mass is 16.6. The molecule has 0 aromatic carbocycles. The Bertz CT molecular complexity index is 850. The smallest absolute Gasteiger partial charge is 0.285 e. The van der Waals surface area contributed by atoms with Crippen LogP contribution in [-0.2, 0) is 4.74 Å². The normalized spacial score (nSPS) is 35.4. The second-order valence-electron chi connectivity index (χ2n) is 5.67. The second kappa shape index (κ2) is 5.20. The highest BCUT2D eigenvalue weighted by Gasteiger charge is 2.44. The zero-order valence-electron chi connectivity index (χ0n) is 12.1. The minimum atomic E-state index is -1.50. The summed E-state index contributed by atoms with van der Waals surface area (Å²) in [5, 5.41) is 50.9. The van der Waals surface area contributed by atoms with Crippen LogP contribution < -0.4 is 10.9 Å². The lowest BCUT2D eigenvalue weighted by Gasteiger charge is -2.16. The molecule has 4 rings (SSSR count). The van der Waals surface area contributed by atoms with Crippen LogP contribution in [0.1, 0.15) is 12.5 Å². The third-order valence-corrected chi connectivity index (χ3v) is 4.24. The molecule has 130 valence electrons. The molecule has 24 heavy (non-hydrogen) atoms. The molecule has 12 heteroatoms. The molecular formula is C12H15N5O7. The highest BCUT2D eigenvalue weighted by Crippen LogP contribution is 2.31. The van der Waals surface area contributed by atoms with Gasteiger partial charge in [-0.15, -0.1) is 0 Å². The Labute approximate surface area is 133 Å². The van der Waals surface area contributed by atoms with Gasteiger partial charge in [-0.25, -0.2) is 9.55 Å². The van der Waals surface area contributed by atoms with Crippen LogP contribution in [0.3, 0.4) is 0 Å². The van der Waals surface area contributed by atoms with Crippen molar-refractivity contribution < 1.29 is 30.3 Å². The summed E-state index contributed by atoms with van der Waals surface area (Å²) in [7, 11) is 0. The van der Waals surface area contributed by atoms with Crippen molar-refractivity contribution in [3.05, 3.63) is 16.7 Å². The molecule has 0 amide bonds. The van der Waals surface area contributed by atoms with Crippen molar-refractivity contribution >= 4 is 17.1 Å². The quantitative estimate of drug-likeness (QED) is 0.320. The summed E-state index contributed by atoms with van der Waals surface area (Å²) in [6.07, 6.45) is -6.44. The fraction of sp³-hybridized carbons (Fsp3) is 0.583. The molecule has 1 fully saturated rings. The second-order valence-corrected chi connectivity index (χ2v) is 5.67. The third-order valence-electron chi connectivity index (χ3n) is 4.24. The number of hydrogen-bond acceptors (Lipinski definition) is 10. The Balaban J connectivity index is 1.84. The predicted molar refractivity (Wildman–Crippen MR) is 75.7 cm³/mol. The molecule has 4 heterocycles. The van der Waals surface area contributed by atoms with Crippen molar-refractivity contribution in [1.29, 1.82) is 0 Å². The van der Waals surface area contributed by atoms with E-state index in [4.69, 9.17) is 9.84 Å². The van der Waals surface area contributed by atoms with E-state index in [9.17, 15) is 25.2 Å². The van der Waals surface area contributed by atoms with E-state index >= 15 is 0 Å². The first-order chi connectivity index (χ1) is 11.4. The number of anilines is 1. The topological polar surface area (TPSA) is 175 Å². The summed E-state index contributed by atoms with van der Waals surface area (Å²) in [6, 6.07) is 0. The molecule has 0 saturated carbocycles. The van der Waals surface area contributed by atoms with Crippen LogP contribution in [0, 0.1) is 0 Å². The van der Waals surface area contributed by atoms with Gasteiger partial charge in [-0.1, -0.05) is 0 Å². The minimum absolute atomic E-state index is 0.0369. The van der Waals surface area contributed by atoms with Gasteiger partial charge in [-0.3, -0.25) is 9.36 Å². The number of aliphatic hydroxyl groups is 5. The molecule has 6 atom stereocenters. The number of nitrogens with zero attached hydrogens (tertiary/aromatic N) is 4. The van der Waals surface area contributed by atoms with Crippen LogP contribution in [0.15, 0.2) is 11.1 Å². The van der Waals surface area contributed by atoms with Gasteiger partial charge in [0.2, 0.25) is 5.95 Å². The number of ether oxygens (including phenoxy) is 1. The molecular weight excluding hydrogens is 326 g/mol. The number of aromatic nitrogens is 4. The van der Waals surface area contributed by atoms with Crippen LogP contribution in [-0.4, -0.2) is 75.8 Å². The maximum atomic E-state index is 12.4. The molecule has 0 bridgehead atoms. The number of fused-ring (bicyclic) bond motifs is 2. The van der Waals surface area contributed by atoms with Gasteiger partial charge in [0, 0.05) is 0 Å². The van der Waals surface area contributed by atoms with Gasteiger partial charge in [0.25, 0.3) is 5.56 Å². The van der Waals surface area contributed by atoms with Crippen LogP contribution >= 0.6 is 0 Å². The summed E-state index contributed by atoms with van der Waals surface area (Å²) in [5.74, 6) is -0.0685. The van der Waals surface area contributed by atoms with E-state index in [1.165, 1.54) is 10.9 Å². The van der Waals surface area contributed by atoms with E-state index < -0.39 is 49.2 Å². The molecule has 2 aromatic heterocycles. The monoisotopic (exact) mass is 341 g/mol. The lowest BCUT2D eigenvalue weighted by molar-refractivity contribution is -0.0511. The first-order valence-electron chi connectivity index (χ1n) is 7.18. The van der Waals surface area contributed by atoms with Crippen LogP contribution in [0.2, 0.25) is 0 Å². The minimum Gasteiger partial charge on any atom is -0.394 e. The zero-order valence-corrected chi connectivity index (χ0v) is 12.1. The van der Waals surface area contributed by atoms with Crippen molar-refractivity contribution in [2.75, 3.05) is 11.9 Å². The van der Waals surface area contributed by atoms with Crippen LogP contribution in [0.4, 0.5) is 5.95 Å². The van der Waals surface area contributed by atoms with E-state index in [1.807, 2.05) is 0 Å². The maximum absolute atomic E-state index is 12.4. The van der Waals surface area contributed by atoms with Crippen LogP contribution in [0.5, 0.6) is 0 Å². The average Bonchev–Trinajstić information content (AvgIpc) is 3.18. The molecule has 1 saturated heterocycles. The van der Waals surface area contributed by atoms with Gasteiger partial charge in [-0.2, -0.15) is 4.98 Å².